The summed E-state index contributed by atoms with van der Waals surface area (Å²) in [5, 5.41) is 0.891. The van der Waals surface area contributed by atoms with Gasteiger partial charge in [-0.2, -0.15) is 0 Å². The Morgan fingerprint density at radius 2 is 1.95 bits per heavy atom. The number of alkyl halides is 1. The number of amides is 2. The summed E-state index contributed by atoms with van der Waals surface area (Å²) in [7, 11) is 0. The average molecular weight is 339 g/mol. The minimum absolute atomic E-state index is 0.0178. The van der Waals surface area contributed by atoms with Crippen LogP contribution < -0.4 is 5.73 Å². The molecule has 0 fully saturated rings. The molecule has 1 atom stereocenters. The molecule has 108 valence electrons. The van der Waals surface area contributed by atoms with Gasteiger partial charge in [0.25, 0.3) is 0 Å². The zero-order valence-corrected chi connectivity index (χ0v) is 12.9. The topological polar surface area (TPSA) is 63.4 Å². The molecule has 0 saturated heterocycles. The second-order valence-electron chi connectivity index (χ2n) is 5.06. The second-order valence-corrected chi connectivity index (χ2v) is 5.85. The largest absolute Gasteiger partial charge is 0.368 e. The summed E-state index contributed by atoms with van der Waals surface area (Å²) >= 11 is 3.35. The standard InChI is InChI=1S/C15H19BrN2O2/c16-8-4-3-7-14(19)18-10-12-6-2-1-5-11(12)9-13(18)15(17)20/h1-2,5-6,13H,3-4,7-10H2,(H2,17,20)/t13-/m0/s1. The number of carbonyl (C=O) groups excluding carboxylic acids is 2. The predicted molar refractivity (Wildman–Crippen MR) is 81.3 cm³/mol. The van der Waals surface area contributed by atoms with Crippen LogP contribution in [0.2, 0.25) is 0 Å². The van der Waals surface area contributed by atoms with Crippen LogP contribution in [0.25, 0.3) is 0 Å². The van der Waals surface area contributed by atoms with Gasteiger partial charge >= 0.3 is 0 Å². The van der Waals surface area contributed by atoms with Crippen molar-refractivity contribution in [2.24, 2.45) is 5.73 Å². The van der Waals surface area contributed by atoms with Crippen molar-refractivity contribution in [3.05, 3.63) is 35.4 Å². The van der Waals surface area contributed by atoms with Gasteiger partial charge in [0, 0.05) is 24.7 Å². The third-order valence-corrected chi connectivity index (χ3v) is 4.23. The maximum atomic E-state index is 12.3. The van der Waals surface area contributed by atoms with Crippen molar-refractivity contribution in [1.29, 1.82) is 0 Å². The van der Waals surface area contributed by atoms with Crippen molar-refractivity contribution in [1.82, 2.24) is 4.90 Å². The van der Waals surface area contributed by atoms with E-state index >= 15 is 0 Å². The van der Waals surface area contributed by atoms with Gasteiger partial charge in [-0.3, -0.25) is 9.59 Å². The smallest absolute Gasteiger partial charge is 0.240 e. The summed E-state index contributed by atoms with van der Waals surface area (Å²) in [4.78, 5) is 25.6. The molecule has 0 radical (unpaired) electrons. The van der Waals surface area contributed by atoms with E-state index in [1.165, 1.54) is 0 Å². The van der Waals surface area contributed by atoms with E-state index in [1.54, 1.807) is 4.90 Å². The molecular weight excluding hydrogens is 320 g/mol. The Balaban J connectivity index is 2.13. The molecule has 5 heteroatoms. The molecule has 1 aromatic carbocycles. The number of fused-ring (bicyclic) bond motifs is 1. The van der Waals surface area contributed by atoms with Crippen LogP contribution >= 0.6 is 15.9 Å². The second kappa shape index (κ2) is 6.88. The van der Waals surface area contributed by atoms with Crippen molar-refractivity contribution in [3.63, 3.8) is 0 Å². The van der Waals surface area contributed by atoms with E-state index in [-0.39, 0.29) is 5.91 Å². The Bertz CT molecular complexity index is 504. The Kier molecular flexibility index (Phi) is 5.17. The minimum Gasteiger partial charge on any atom is -0.368 e. The highest BCUT2D eigenvalue weighted by molar-refractivity contribution is 9.09. The van der Waals surface area contributed by atoms with E-state index in [9.17, 15) is 9.59 Å². The fraction of sp³-hybridized carbons (Fsp3) is 0.467. The summed E-state index contributed by atoms with van der Waals surface area (Å²) in [6, 6.07) is 7.39. The molecular formula is C15H19BrN2O2. The number of benzene rings is 1. The molecule has 20 heavy (non-hydrogen) atoms. The maximum Gasteiger partial charge on any atom is 0.240 e. The molecule has 2 amide bonds. The average Bonchev–Trinajstić information content (AvgIpc) is 2.46. The van der Waals surface area contributed by atoms with Gasteiger partial charge in [-0.05, 0) is 24.0 Å². The number of nitrogens with zero attached hydrogens (tertiary/aromatic N) is 1. The summed E-state index contributed by atoms with van der Waals surface area (Å²) in [6.45, 7) is 0.483. The van der Waals surface area contributed by atoms with E-state index in [0.717, 1.165) is 29.3 Å². The molecule has 0 unspecified atom stereocenters. The zero-order chi connectivity index (χ0) is 14.5. The lowest BCUT2D eigenvalue weighted by molar-refractivity contribution is -0.140. The van der Waals surface area contributed by atoms with Gasteiger partial charge in [0.2, 0.25) is 11.8 Å². The molecule has 2 N–H and O–H groups in total. The number of halogens is 1. The van der Waals surface area contributed by atoms with E-state index in [4.69, 9.17) is 5.73 Å². The van der Waals surface area contributed by atoms with E-state index in [1.807, 2.05) is 24.3 Å². The summed E-state index contributed by atoms with van der Waals surface area (Å²) in [5.74, 6) is -0.405. The van der Waals surface area contributed by atoms with Crippen molar-refractivity contribution >= 4 is 27.7 Å². The summed E-state index contributed by atoms with van der Waals surface area (Å²) in [5.41, 5.74) is 7.69. The molecule has 1 aliphatic heterocycles. The van der Waals surface area contributed by atoms with Crippen molar-refractivity contribution in [3.8, 4) is 0 Å². The van der Waals surface area contributed by atoms with Gasteiger partial charge < -0.3 is 10.6 Å². The predicted octanol–water partition coefficient (Wildman–Crippen LogP) is 1.99. The third kappa shape index (κ3) is 3.39. The van der Waals surface area contributed by atoms with Gasteiger partial charge in [0.15, 0.2) is 0 Å². The van der Waals surface area contributed by atoms with Crippen LogP contribution in [0.4, 0.5) is 0 Å². The van der Waals surface area contributed by atoms with Crippen LogP contribution in [-0.2, 0) is 22.6 Å². The fourth-order valence-corrected chi connectivity index (χ4v) is 2.95. The molecule has 0 aromatic heterocycles. The number of unbranched alkanes of at least 4 members (excludes halogenated alkanes) is 1. The lowest BCUT2D eigenvalue weighted by Crippen LogP contribution is -2.51. The first kappa shape index (κ1) is 15.0. The van der Waals surface area contributed by atoms with Crippen molar-refractivity contribution < 1.29 is 9.59 Å². The van der Waals surface area contributed by atoms with Crippen LogP contribution in [-0.4, -0.2) is 28.1 Å². The molecule has 1 aliphatic rings. The van der Waals surface area contributed by atoms with Gasteiger partial charge in [-0.25, -0.2) is 0 Å². The molecule has 0 spiro atoms. The highest BCUT2D eigenvalue weighted by atomic mass is 79.9. The quantitative estimate of drug-likeness (QED) is 0.659. The first-order valence-corrected chi connectivity index (χ1v) is 7.97. The van der Waals surface area contributed by atoms with Crippen molar-refractivity contribution in [2.45, 2.75) is 38.3 Å². The molecule has 1 heterocycles. The lowest BCUT2D eigenvalue weighted by Gasteiger charge is -2.35. The molecule has 0 aliphatic carbocycles. The van der Waals surface area contributed by atoms with E-state index < -0.39 is 11.9 Å². The lowest BCUT2D eigenvalue weighted by atomic mass is 9.93. The Morgan fingerprint density at radius 3 is 2.60 bits per heavy atom. The van der Waals surface area contributed by atoms with Crippen LogP contribution in [0, 0.1) is 0 Å². The number of hydrogen-bond donors (Lipinski definition) is 1. The monoisotopic (exact) mass is 338 g/mol. The van der Waals surface area contributed by atoms with Crippen LogP contribution in [0.15, 0.2) is 24.3 Å². The Morgan fingerprint density at radius 1 is 1.25 bits per heavy atom. The van der Waals surface area contributed by atoms with Gasteiger partial charge in [0.1, 0.15) is 6.04 Å². The minimum atomic E-state index is -0.513. The number of carbonyl (C=O) groups is 2. The van der Waals surface area contributed by atoms with Gasteiger partial charge in [-0.1, -0.05) is 40.2 Å². The fourth-order valence-electron chi connectivity index (χ4n) is 2.55. The van der Waals surface area contributed by atoms with E-state index in [2.05, 4.69) is 15.9 Å². The normalized spacial score (nSPS) is 17.6. The maximum absolute atomic E-state index is 12.3. The number of rotatable bonds is 5. The first-order chi connectivity index (χ1) is 9.63. The molecule has 4 nitrogen and oxygen atoms in total. The van der Waals surface area contributed by atoms with Gasteiger partial charge in [-0.15, -0.1) is 0 Å². The molecule has 0 bridgehead atoms. The number of primary amides is 1. The highest BCUT2D eigenvalue weighted by Gasteiger charge is 2.32. The van der Waals surface area contributed by atoms with Crippen LogP contribution in [0.3, 0.4) is 0 Å². The SMILES string of the molecule is NC(=O)[C@@H]1Cc2ccccc2CN1C(=O)CCCCBr. The number of hydrogen-bond acceptors (Lipinski definition) is 2. The van der Waals surface area contributed by atoms with Crippen LogP contribution in [0.5, 0.6) is 0 Å². The van der Waals surface area contributed by atoms with Crippen LogP contribution in [0.1, 0.15) is 30.4 Å². The summed E-state index contributed by atoms with van der Waals surface area (Å²) in [6.07, 6.45) is 2.78. The molecule has 1 aromatic rings. The zero-order valence-electron chi connectivity index (χ0n) is 11.3. The molecule has 0 saturated carbocycles. The first-order valence-electron chi connectivity index (χ1n) is 6.85. The third-order valence-electron chi connectivity index (χ3n) is 3.67. The molecule has 2 rings (SSSR count). The van der Waals surface area contributed by atoms with Gasteiger partial charge in [0.05, 0.1) is 0 Å². The summed E-state index contributed by atoms with van der Waals surface area (Å²) < 4.78 is 0. The highest BCUT2D eigenvalue weighted by Crippen LogP contribution is 2.24. The number of nitrogens with two attached hydrogens (primary N) is 1. The Hall–Kier alpha value is -1.36. The Labute approximate surface area is 127 Å². The van der Waals surface area contributed by atoms with Crippen molar-refractivity contribution in [2.75, 3.05) is 5.33 Å². The van der Waals surface area contributed by atoms with E-state index in [0.29, 0.717) is 19.4 Å².